The standard InChI is InChI=1S/C15H22BrN3O3/c1-9-7-19(10(2)8-20)15(21)12-4-11(16)5-18-14(12)22-13(9)6-17-3/h4-5,9-10,13,17,20H,6-8H2,1-3H3/t9-,10+,13+/m1/s1. The molecule has 122 valence electrons. The molecular weight excluding hydrogens is 350 g/mol. The lowest BCUT2D eigenvalue weighted by Crippen LogP contribution is -2.49. The SMILES string of the molecule is CNC[C@@H]1Oc2ncc(Br)cc2C(=O)N([C@@H](C)CO)C[C@H]1C. The molecule has 1 aromatic heterocycles. The van der Waals surface area contributed by atoms with Gasteiger partial charge in [0.25, 0.3) is 5.91 Å². The normalized spacial score (nSPS) is 23.3. The number of halogens is 1. The van der Waals surface area contributed by atoms with Crippen LogP contribution in [0.25, 0.3) is 0 Å². The van der Waals surface area contributed by atoms with Gasteiger partial charge < -0.3 is 20.1 Å². The zero-order valence-electron chi connectivity index (χ0n) is 13.0. The molecule has 0 bridgehead atoms. The lowest BCUT2D eigenvalue weighted by molar-refractivity contribution is 0.0403. The number of carbonyl (C=O) groups excluding carboxylic acids is 1. The Morgan fingerprint density at radius 2 is 2.36 bits per heavy atom. The number of nitrogens with one attached hydrogen (secondary N) is 1. The molecule has 7 heteroatoms. The predicted molar refractivity (Wildman–Crippen MR) is 87.0 cm³/mol. The molecule has 1 aliphatic rings. The molecule has 0 fully saturated rings. The van der Waals surface area contributed by atoms with Crippen molar-refractivity contribution in [2.75, 3.05) is 26.7 Å². The van der Waals surface area contributed by atoms with Crippen LogP contribution in [0.4, 0.5) is 0 Å². The molecule has 0 saturated heterocycles. The molecular formula is C15H22BrN3O3. The molecule has 1 aliphatic heterocycles. The number of nitrogens with zero attached hydrogens (tertiary/aromatic N) is 2. The van der Waals surface area contributed by atoms with Gasteiger partial charge >= 0.3 is 0 Å². The van der Waals surface area contributed by atoms with Crippen LogP contribution in [0.1, 0.15) is 24.2 Å². The summed E-state index contributed by atoms with van der Waals surface area (Å²) in [5, 5.41) is 12.6. The number of carbonyl (C=O) groups is 1. The fourth-order valence-corrected chi connectivity index (χ4v) is 2.85. The first-order chi connectivity index (χ1) is 10.5. The van der Waals surface area contributed by atoms with Crippen molar-refractivity contribution >= 4 is 21.8 Å². The number of aromatic nitrogens is 1. The van der Waals surface area contributed by atoms with Crippen LogP contribution in [0.2, 0.25) is 0 Å². The Hall–Kier alpha value is -1.18. The molecule has 0 unspecified atom stereocenters. The number of amides is 1. The fourth-order valence-electron chi connectivity index (χ4n) is 2.52. The zero-order chi connectivity index (χ0) is 16.3. The maximum Gasteiger partial charge on any atom is 0.259 e. The Morgan fingerprint density at radius 1 is 1.64 bits per heavy atom. The van der Waals surface area contributed by atoms with Crippen LogP contribution in [0.5, 0.6) is 5.88 Å². The Morgan fingerprint density at radius 3 is 3.00 bits per heavy atom. The first kappa shape index (κ1) is 17.2. The molecule has 0 spiro atoms. The fraction of sp³-hybridized carbons (Fsp3) is 0.600. The molecule has 2 rings (SSSR count). The summed E-state index contributed by atoms with van der Waals surface area (Å²) in [7, 11) is 1.87. The minimum Gasteiger partial charge on any atom is -0.472 e. The van der Waals surface area contributed by atoms with E-state index in [2.05, 4.69) is 26.2 Å². The number of fused-ring (bicyclic) bond motifs is 1. The number of aliphatic hydroxyl groups is 1. The van der Waals surface area contributed by atoms with Crippen LogP contribution in [0.3, 0.4) is 0 Å². The van der Waals surface area contributed by atoms with Crippen LogP contribution < -0.4 is 10.1 Å². The molecule has 0 radical (unpaired) electrons. The highest BCUT2D eigenvalue weighted by molar-refractivity contribution is 9.10. The van der Waals surface area contributed by atoms with Gasteiger partial charge in [-0.3, -0.25) is 4.79 Å². The zero-order valence-corrected chi connectivity index (χ0v) is 14.6. The van der Waals surface area contributed by atoms with E-state index >= 15 is 0 Å². The molecule has 0 aliphatic carbocycles. The molecule has 2 N–H and O–H groups in total. The van der Waals surface area contributed by atoms with Crippen LogP contribution in [0, 0.1) is 5.92 Å². The Labute approximate surface area is 139 Å². The maximum absolute atomic E-state index is 12.8. The molecule has 0 saturated carbocycles. The predicted octanol–water partition coefficient (Wildman–Crippen LogP) is 1.28. The summed E-state index contributed by atoms with van der Waals surface area (Å²) < 4.78 is 6.69. The van der Waals surface area contributed by atoms with E-state index in [4.69, 9.17) is 4.74 Å². The number of rotatable bonds is 4. The monoisotopic (exact) mass is 371 g/mol. The van der Waals surface area contributed by atoms with Crippen molar-refractivity contribution in [2.24, 2.45) is 5.92 Å². The van der Waals surface area contributed by atoms with Crippen LogP contribution in [-0.2, 0) is 0 Å². The highest BCUT2D eigenvalue weighted by Gasteiger charge is 2.33. The topological polar surface area (TPSA) is 74.7 Å². The van der Waals surface area contributed by atoms with Gasteiger partial charge in [0.2, 0.25) is 5.88 Å². The van der Waals surface area contributed by atoms with Gasteiger partial charge in [0, 0.05) is 29.7 Å². The van der Waals surface area contributed by atoms with Gasteiger partial charge in [-0.05, 0) is 36.0 Å². The minimum atomic E-state index is -0.255. The minimum absolute atomic E-state index is 0.0766. The third kappa shape index (κ3) is 3.59. The lowest BCUT2D eigenvalue weighted by atomic mass is 10.0. The van der Waals surface area contributed by atoms with E-state index in [1.54, 1.807) is 17.2 Å². The van der Waals surface area contributed by atoms with Gasteiger partial charge in [0.15, 0.2) is 0 Å². The van der Waals surface area contributed by atoms with Gasteiger partial charge in [-0.1, -0.05) is 6.92 Å². The average Bonchev–Trinajstić information content (AvgIpc) is 2.51. The third-order valence-electron chi connectivity index (χ3n) is 3.89. The van der Waals surface area contributed by atoms with E-state index in [1.165, 1.54) is 0 Å². The van der Waals surface area contributed by atoms with Crippen LogP contribution in [0.15, 0.2) is 16.7 Å². The van der Waals surface area contributed by atoms with E-state index in [0.717, 1.165) is 4.47 Å². The van der Waals surface area contributed by atoms with E-state index in [0.29, 0.717) is 24.5 Å². The second-order valence-electron chi connectivity index (χ2n) is 5.69. The number of likely N-dealkylation sites (N-methyl/N-ethyl adjacent to an activating group) is 1. The van der Waals surface area contributed by atoms with Crippen molar-refractivity contribution in [2.45, 2.75) is 26.0 Å². The number of hydrogen-bond acceptors (Lipinski definition) is 5. The summed E-state index contributed by atoms with van der Waals surface area (Å²) in [6, 6.07) is 1.46. The first-order valence-electron chi connectivity index (χ1n) is 7.36. The highest BCUT2D eigenvalue weighted by Crippen LogP contribution is 2.28. The first-order valence-corrected chi connectivity index (χ1v) is 8.15. The Balaban J connectivity index is 2.45. The molecule has 6 nitrogen and oxygen atoms in total. The van der Waals surface area contributed by atoms with Crippen molar-refractivity contribution in [3.8, 4) is 5.88 Å². The van der Waals surface area contributed by atoms with Crippen molar-refractivity contribution in [3.05, 3.63) is 22.3 Å². The number of aliphatic hydroxyl groups excluding tert-OH is 1. The molecule has 1 aromatic rings. The quantitative estimate of drug-likeness (QED) is 0.833. The molecule has 0 aromatic carbocycles. The summed E-state index contributed by atoms with van der Waals surface area (Å²) >= 11 is 3.34. The molecule has 1 amide bonds. The number of hydrogen-bond donors (Lipinski definition) is 2. The molecule has 22 heavy (non-hydrogen) atoms. The smallest absolute Gasteiger partial charge is 0.259 e. The van der Waals surface area contributed by atoms with E-state index in [9.17, 15) is 9.90 Å². The van der Waals surface area contributed by atoms with Crippen LogP contribution >= 0.6 is 15.9 Å². The summed E-state index contributed by atoms with van der Waals surface area (Å²) in [4.78, 5) is 18.8. The van der Waals surface area contributed by atoms with Gasteiger partial charge in [0.1, 0.15) is 11.7 Å². The summed E-state index contributed by atoms with van der Waals surface area (Å²) in [5.41, 5.74) is 0.419. The van der Waals surface area contributed by atoms with Crippen molar-refractivity contribution in [3.63, 3.8) is 0 Å². The second-order valence-corrected chi connectivity index (χ2v) is 6.60. The van der Waals surface area contributed by atoms with Gasteiger partial charge in [-0.25, -0.2) is 4.98 Å². The van der Waals surface area contributed by atoms with Gasteiger partial charge in [-0.2, -0.15) is 0 Å². The Kier molecular flexibility index (Phi) is 5.77. The van der Waals surface area contributed by atoms with E-state index < -0.39 is 0 Å². The van der Waals surface area contributed by atoms with Gasteiger partial charge in [0.05, 0.1) is 12.6 Å². The second kappa shape index (κ2) is 7.39. The van der Waals surface area contributed by atoms with Crippen LogP contribution in [-0.4, -0.2) is 59.8 Å². The third-order valence-corrected chi connectivity index (χ3v) is 4.33. The van der Waals surface area contributed by atoms with Crippen molar-refractivity contribution in [1.82, 2.24) is 15.2 Å². The molecule has 3 atom stereocenters. The summed E-state index contributed by atoms with van der Waals surface area (Å²) in [6.07, 6.45) is 1.52. The number of ether oxygens (including phenoxy) is 1. The van der Waals surface area contributed by atoms with Gasteiger partial charge in [-0.15, -0.1) is 0 Å². The van der Waals surface area contributed by atoms with E-state index in [-0.39, 0.29) is 30.6 Å². The maximum atomic E-state index is 12.8. The lowest BCUT2D eigenvalue weighted by Gasteiger charge is -2.36. The van der Waals surface area contributed by atoms with E-state index in [1.807, 2.05) is 20.9 Å². The highest BCUT2D eigenvalue weighted by atomic mass is 79.9. The molecule has 2 heterocycles. The van der Waals surface area contributed by atoms with Crippen molar-refractivity contribution < 1.29 is 14.6 Å². The van der Waals surface area contributed by atoms with Crippen molar-refractivity contribution in [1.29, 1.82) is 0 Å². The average molecular weight is 372 g/mol. The summed E-state index contributed by atoms with van der Waals surface area (Å²) in [6.45, 7) is 4.99. The largest absolute Gasteiger partial charge is 0.472 e. The summed E-state index contributed by atoms with van der Waals surface area (Å²) in [5.74, 6) is 0.291. The Bertz CT molecular complexity index is 541. The number of pyridine rings is 1.